The summed E-state index contributed by atoms with van der Waals surface area (Å²) in [7, 11) is 0. The van der Waals surface area contributed by atoms with Gasteiger partial charge in [0, 0.05) is 23.8 Å². The van der Waals surface area contributed by atoms with Crippen LogP contribution in [-0.4, -0.2) is 20.2 Å². The van der Waals surface area contributed by atoms with E-state index in [-0.39, 0.29) is 12.4 Å². The van der Waals surface area contributed by atoms with Gasteiger partial charge in [-0.2, -0.15) is 0 Å². The first-order valence-corrected chi connectivity index (χ1v) is 9.21. The summed E-state index contributed by atoms with van der Waals surface area (Å²) in [4.78, 5) is 8.46. The predicted octanol–water partition coefficient (Wildman–Crippen LogP) is 4.57. The second-order valence-electron chi connectivity index (χ2n) is 5.64. The second-order valence-corrected chi connectivity index (χ2v) is 6.60. The van der Waals surface area contributed by atoms with Crippen molar-refractivity contribution in [2.75, 3.05) is 11.1 Å². The molecular formula is C19H17ClN6OS. The van der Waals surface area contributed by atoms with Gasteiger partial charge in [0.2, 0.25) is 0 Å². The lowest BCUT2D eigenvalue weighted by Gasteiger charge is -2.05. The lowest BCUT2D eigenvalue weighted by atomic mass is 10.3. The van der Waals surface area contributed by atoms with Crippen molar-refractivity contribution in [1.29, 1.82) is 0 Å². The number of benzene rings is 1. The van der Waals surface area contributed by atoms with Gasteiger partial charge in [0.15, 0.2) is 0 Å². The Labute approximate surface area is 172 Å². The number of nitrogens with zero attached hydrogens (tertiary/aromatic N) is 4. The van der Waals surface area contributed by atoms with Gasteiger partial charge < -0.3 is 15.5 Å². The van der Waals surface area contributed by atoms with Crippen LogP contribution >= 0.6 is 24.2 Å². The van der Waals surface area contributed by atoms with E-state index >= 15 is 0 Å². The summed E-state index contributed by atoms with van der Waals surface area (Å²) in [5, 5.41) is 12.1. The monoisotopic (exact) mass is 412 g/mol. The minimum Gasteiger partial charge on any atom is -0.403 e. The normalized spacial score (nSPS) is 10.3. The van der Waals surface area contributed by atoms with Crippen molar-refractivity contribution in [3.8, 4) is 11.5 Å². The lowest BCUT2D eigenvalue weighted by molar-refractivity contribution is 0.585. The minimum atomic E-state index is 0. The van der Waals surface area contributed by atoms with Crippen LogP contribution in [0.2, 0.25) is 0 Å². The van der Waals surface area contributed by atoms with Crippen molar-refractivity contribution < 1.29 is 4.42 Å². The van der Waals surface area contributed by atoms with E-state index < -0.39 is 0 Å². The van der Waals surface area contributed by atoms with Crippen LogP contribution in [0.3, 0.4) is 0 Å². The summed E-state index contributed by atoms with van der Waals surface area (Å²) in [6, 6.07) is 17.5. The molecule has 4 rings (SSSR count). The molecule has 0 spiro atoms. The molecule has 0 aliphatic carbocycles. The number of hydrogen-bond donors (Lipinski definition) is 2. The van der Waals surface area contributed by atoms with E-state index in [0.29, 0.717) is 23.5 Å². The number of anilines is 3. The molecule has 3 N–H and O–H groups in total. The van der Waals surface area contributed by atoms with Crippen LogP contribution in [0, 0.1) is 0 Å². The Morgan fingerprint density at radius 1 is 0.964 bits per heavy atom. The number of aromatic nitrogens is 4. The number of rotatable bonds is 6. The zero-order chi connectivity index (χ0) is 18.5. The van der Waals surface area contributed by atoms with E-state index in [4.69, 9.17) is 10.2 Å². The number of pyridine rings is 2. The van der Waals surface area contributed by atoms with Gasteiger partial charge in [-0.3, -0.25) is 0 Å². The summed E-state index contributed by atoms with van der Waals surface area (Å²) in [6.07, 6.45) is 3.44. The molecule has 1 aromatic carbocycles. The Morgan fingerprint density at radius 3 is 2.64 bits per heavy atom. The maximum atomic E-state index is 5.77. The number of nitrogen functional groups attached to an aromatic ring is 1. The third kappa shape index (κ3) is 4.79. The lowest BCUT2D eigenvalue weighted by Crippen LogP contribution is -1.92. The Bertz CT molecular complexity index is 1040. The highest BCUT2D eigenvalue weighted by Crippen LogP contribution is 2.31. The molecule has 0 amide bonds. The van der Waals surface area contributed by atoms with Crippen LogP contribution in [-0.2, 0) is 5.75 Å². The number of para-hydroxylation sites is 1. The maximum absolute atomic E-state index is 5.77. The molecule has 0 saturated heterocycles. The average molecular weight is 413 g/mol. The Kier molecular flexibility index (Phi) is 6.46. The molecule has 0 atom stereocenters. The van der Waals surface area contributed by atoms with Gasteiger partial charge in [0.25, 0.3) is 5.89 Å². The van der Waals surface area contributed by atoms with Crippen LogP contribution in [0.15, 0.2) is 76.4 Å². The molecule has 0 aliphatic heterocycles. The number of nitrogens with one attached hydrogen (secondary N) is 1. The molecule has 4 aromatic rings. The Morgan fingerprint density at radius 2 is 1.82 bits per heavy atom. The third-order valence-electron chi connectivity index (χ3n) is 3.67. The Balaban J connectivity index is 0.00000225. The van der Waals surface area contributed by atoms with Gasteiger partial charge in [-0.05, 0) is 42.0 Å². The highest BCUT2D eigenvalue weighted by Gasteiger charge is 2.14. The summed E-state index contributed by atoms with van der Waals surface area (Å²) in [5.74, 6) is 1.63. The SMILES string of the molecule is Cl.Nc1cc(CSc2ncccc2-c2nnc(Nc3ccccc3)o2)ccn1. The molecule has 0 saturated carbocycles. The molecule has 0 bridgehead atoms. The fourth-order valence-corrected chi connectivity index (χ4v) is 3.36. The van der Waals surface area contributed by atoms with E-state index in [1.807, 2.05) is 54.6 Å². The minimum absolute atomic E-state index is 0. The van der Waals surface area contributed by atoms with Crippen LogP contribution < -0.4 is 11.1 Å². The first-order chi connectivity index (χ1) is 13.3. The van der Waals surface area contributed by atoms with Gasteiger partial charge in [-0.15, -0.1) is 29.3 Å². The first kappa shape index (κ1) is 19.7. The predicted molar refractivity (Wildman–Crippen MR) is 113 cm³/mol. The molecule has 0 aliphatic rings. The fourth-order valence-electron chi connectivity index (χ4n) is 2.43. The van der Waals surface area contributed by atoms with Crippen molar-refractivity contribution in [3.63, 3.8) is 0 Å². The fraction of sp³-hybridized carbons (Fsp3) is 0.0526. The van der Waals surface area contributed by atoms with Gasteiger partial charge in [0.05, 0.1) is 5.56 Å². The van der Waals surface area contributed by atoms with Gasteiger partial charge >= 0.3 is 6.01 Å². The smallest absolute Gasteiger partial charge is 0.320 e. The summed E-state index contributed by atoms with van der Waals surface area (Å²) >= 11 is 1.57. The molecule has 28 heavy (non-hydrogen) atoms. The molecule has 7 nitrogen and oxygen atoms in total. The van der Waals surface area contributed by atoms with Crippen molar-refractivity contribution in [1.82, 2.24) is 20.2 Å². The molecule has 3 aromatic heterocycles. The van der Waals surface area contributed by atoms with Crippen LogP contribution in [0.25, 0.3) is 11.5 Å². The van der Waals surface area contributed by atoms with Gasteiger partial charge in [-0.1, -0.05) is 23.3 Å². The van der Waals surface area contributed by atoms with Crippen molar-refractivity contribution in [2.45, 2.75) is 10.8 Å². The van der Waals surface area contributed by atoms with Crippen molar-refractivity contribution in [2.24, 2.45) is 0 Å². The quantitative estimate of drug-likeness (QED) is 0.444. The van der Waals surface area contributed by atoms with E-state index in [2.05, 4.69) is 25.5 Å². The topological polar surface area (TPSA) is 103 Å². The van der Waals surface area contributed by atoms with Crippen LogP contribution in [0.4, 0.5) is 17.5 Å². The van der Waals surface area contributed by atoms with Gasteiger partial charge in [0.1, 0.15) is 10.8 Å². The van der Waals surface area contributed by atoms with E-state index in [0.717, 1.165) is 21.8 Å². The molecule has 0 unspecified atom stereocenters. The second kappa shape index (κ2) is 9.20. The summed E-state index contributed by atoms with van der Waals surface area (Å²) < 4.78 is 5.77. The number of hydrogen-bond acceptors (Lipinski definition) is 8. The molecule has 0 fully saturated rings. The maximum Gasteiger partial charge on any atom is 0.320 e. The Hall–Kier alpha value is -3.10. The van der Waals surface area contributed by atoms with Crippen LogP contribution in [0.1, 0.15) is 5.56 Å². The highest BCUT2D eigenvalue weighted by molar-refractivity contribution is 7.98. The standard InChI is InChI=1S/C19H16N6OS.ClH/c20-16-11-13(8-10-21-16)12-27-18-15(7-4-9-22-18)17-24-25-19(26-17)23-14-5-2-1-3-6-14;/h1-11H,12H2,(H2,20,21)(H,23,25);1H. The third-order valence-corrected chi connectivity index (χ3v) is 4.75. The van der Waals surface area contributed by atoms with E-state index in [9.17, 15) is 0 Å². The van der Waals surface area contributed by atoms with Crippen LogP contribution in [0.5, 0.6) is 0 Å². The summed E-state index contributed by atoms with van der Waals surface area (Å²) in [6.45, 7) is 0. The summed E-state index contributed by atoms with van der Waals surface area (Å²) in [5.41, 5.74) is 8.48. The van der Waals surface area contributed by atoms with E-state index in [1.54, 1.807) is 24.2 Å². The van der Waals surface area contributed by atoms with Crippen molar-refractivity contribution >= 4 is 41.7 Å². The number of halogens is 1. The zero-order valence-corrected chi connectivity index (χ0v) is 16.3. The van der Waals surface area contributed by atoms with Gasteiger partial charge in [-0.25, -0.2) is 9.97 Å². The number of nitrogens with two attached hydrogens (primary N) is 1. The first-order valence-electron chi connectivity index (χ1n) is 8.22. The zero-order valence-electron chi connectivity index (χ0n) is 14.6. The largest absolute Gasteiger partial charge is 0.403 e. The average Bonchev–Trinajstić information content (AvgIpc) is 3.16. The molecule has 3 heterocycles. The van der Waals surface area contributed by atoms with E-state index in [1.165, 1.54) is 0 Å². The molecule has 0 radical (unpaired) electrons. The highest BCUT2D eigenvalue weighted by atomic mass is 35.5. The van der Waals surface area contributed by atoms with Crippen molar-refractivity contribution in [3.05, 3.63) is 72.6 Å². The molecule has 9 heteroatoms. The molecular weight excluding hydrogens is 396 g/mol. The number of thioether (sulfide) groups is 1. The molecule has 142 valence electrons.